The van der Waals surface area contributed by atoms with Gasteiger partial charge in [0.15, 0.2) is 5.78 Å². The average molecular weight is 407 g/mol. The number of carbonyl (C=O) groups is 2. The SMILES string of the molecule is CC1=NC2=C(C(=O)CCC2)[C@@H](c2ccccc2C(F)(F)F)C1C(=O)OCC(C)C. The van der Waals surface area contributed by atoms with E-state index in [1.165, 1.54) is 18.2 Å². The van der Waals surface area contributed by atoms with Gasteiger partial charge in [-0.25, -0.2) is 0 Å². The minimum absolute atomic E-state index is 0.0757. The third kappa shape index (κ3) is 4.28. The van der Waals surface area contributed by atoms with E-state index in [0.29, 0.717) is 24.3 Å². The van der Waals surface area contributed by atoms with E-state index in [4.69, 9.17) is 4.74 Å². The Kier molecular flexibility index (Phi) is 5.96. The van der Waals surface area contributed by atoms with Gasteiger partial charge in [-0.15, -0.1) is 0 Å². The van der Waals surface area contributed by atoms with Crippen molar-refractivity contribution in [2.75, 3.05) is 6.61 Å². The molecular weight excluding hydrogens is 383 g/mol. The summed E-state index contributed by atoms with van der Waals surface area (Å²) < 4.78 is 46.6. The van der Waals surface area contributed by atoms with Crippen LogP contribution in [0.2, 0.25) is 0 Å². The molecule has 0 aromatic heterocycles. The lowest BCUT2D eigenvalue weighted by Crippen LogP contribution is -2.38. The maximum absolute atomic E-state index is 13.8. The Morgan fingerprint density at radius 2 is 1.93 bits per heavy atom. The number of nitrogens with zero attached hydrogens (tertiary/aromatic N) is 1. The van der Waals surface area contributed by atoms with Gasteiger partial charge in [-0.2, -0.15) is 13.2 Å². The number of ether oxygens (including phenoxy) is 1. The van der Waals surface area contributed by atoms with Crippen molar-refractivity contribution in [3.63, 3.8) is 0 Å². The lowest BCUT2D eigenvalue weighted by molar-refractivity contribution is -0.148. The van der Waals surface area contributed by atoms with Gasteiger partial charge >= 0.3 is 12.1 Å². The zero-order valence-corrected chi connectivity index (χ0v) is 16.7. The first kappa shape index (κ1) is 21.3. The number of allylic oxidation sites excluding steroid dienone is 2. The number of halogens is 3. The van der Waals surface area contributed by atoms with Crippen LogP contribution in [0.25, 0.3) is 0 Å². The van der Waals surface area contributed by atoms with Crippen LogP contribution < -0.4 is 0 Å². The number of carbonyl (C=O) groups excluding carboxylic acids is 2. The number of hydrogen-bond donors (Lipinski definition) is 0. The zero-order chi connectivity index (χ0) is 21.3. The van der Waals surface area contributed by atoms with Crippen LogP contribution in [0.1, 0.15) is 57.1 Å². The molecular formula is C22H24F3NO3. The van der Waals surface area contributed by atoms with Crippen molar-refractivity contribution in [1.29, 1.82) is 0 Å². The zero-order valence-electron chi connectivity index (χ0n) is 16.7. The maximum atomic E-state index is 13.8. The van der Waals surface area contributed by atoms with E-state index in [9.17, 15) is 22.8 Å². The number of aliphatic imine (C=N–C) groups is 1. The molecule has 1 aromatic carbocycles. The molecule has 1 unspecified atom stereocenters. The van der Waals surface area contributed by atoms with E-state index in [0.717, 1.165) is 6.07 Å². The molecule has 1 heterocycles. The Labute approximate surface area is 167 Å². The maximum Gasteiger partial charge on any atom is 0.416 e. The van der Waals surface area contributed by atoms with Crippen LogP contribution in [0.15, 0.2) is 40.5 Å². The fourth-order valence-corrected chi connectivity index (χ4v) is 4.01. The Hall–Kier alpha value is -2.44. The first-order valence-corrected chi connectivity index (χ1v) is 9.75. The smallest absolute Gasteiger partial charge is 0.416 e. The summed E-state index contributed by atoms with van der Waals surface area (Å²) in [6, 6.07) is 5.14. The molecule has 1 aliphatic heterocycles. The van der Waals surface area contributed by atoms with Crippen molar-refractivity contribution < 1.29 is 27.5 Å². The van der Waals surface area contributed by atoms with Gasteiger partial charge in [0.05, 0.1) is 12.2 Å². The lowest BCUT2D eigenvalue weighted by atomic mass is 9.70. The van der Waals surface area contributed by atoms with Crippen LogP contribution in [-0.4, -0.2) is 24.1 Å². The number of Topliss-reactive ketones (excluding diaryl/α,β-unsaturated/α-hetero) is 1. The van der Waals surface area contributed by atoms with Gasteiger partial charge in [-0.05, 0) is 37.3 Å². The van der Waals surface area contributed by atoms with Crippen molar-refractivity contribution in [1.82, 2.24) is 0 Å². The third-order valence-corrected chi connectivity index (χ3v) is 5.25. The summed E-state index contributed by atoms with van der Waals surface area (Å²) in [6.45, 7) is 5.51. The topological polar surface area (TPSA) is 55.7 Å². The van der Waals surface area contributed by atoms with Crippen molar-refractivity contribution in [2.45, 2.75) is 52.1 Å². The summed E-state index contributed by atoms with van der Waals surface area (Å²) in [5.41, 5.74) is 0.183. The molecule has 1 aliphatic carbocycles. The number of ketones is 1. The molecule has 0 N–H and O–H groups in total. The summed E-state index contributed by atoms with van der Waals surface area (Å²) in [5.74, 6) is -2.92. The molecule has 0 radical (unpaired) electrons. The fraction of sp³-hybridized carbons (Fsp3) is 0.500. The van der Waals surface area contributed by atoms with Crippen molar-refractivity contribution in [3.8, 4) is 0 Å². The van der Waals surface area contributed by atoms with E-state index in [1.807, 2.05) is 13.8 Å². The summed E-state index contributed by atoms with van der Waals surface area (Å²) in [7, 11) is 0. The highest BCUT2D eigenvalue weighted by Gasteiger charge is 2.46. The number of rotatable bonds is 4. The predicted octanol–water partition coefficient (Wildman–Crippen LogP) is 5.09. The van der Waals surface area contributed by atoms with Crippen LogP contribution in [0, 0.1) is 11.8 Å². The molecule has 156 valence electrons. The van der Waals surface area contributed by atoms with Gasteiger partial charge in [-0.1, -0.05) is 32.0 Å². The van der Waals surface area contributed by atoms with Gasteiger partial charge in [-0.3, -0.25) is 14.6 Å². The Bertz CT molecular complexity index is 884. The van der Waals surface area contributed by atoms with Gasteiger partial charge in [0.2, 0.25) is 0 Å². The van der Waals surface area contributed by atoms with Crippen molar-refractivity contribution >= 4 is 17.5 Å². The lowest BCUT2D eigenvalue weighted by Gasteiger charge is -2.35. The molecule has 0 fully saturated rings. The Morgan fingerprint density at radius 3 is 2.59 bits per heavy atom. The van der Waals surface area contributed by atoms with Crippen LogP contribution >= 0.6 is 0 Å². The highest BCUT2D eigenvalue weighted by Crippen LogP contribution is 2.47. The molecule has 7 heteroatoms. The van der Waals surface area contributed by atoms with Crippen LogP contribution in [-0.2, 0) is 20.5 Å². The van der Waals surface area contributed by atoms with Gasteiger partial charge in [0.25, 0.3) is 0 Å². The highest BCUT2D eigenvalue weighted by atomic mass is 19.4. The standard InChI is InChI=1S/C22H24F3NO3/c1-12(2)11-29-21(28)18-13(3)26-16-9-6-10-17(27)20(16)19(18)14-7-4-5-8-15(14)22(23,24)25/h4-5,7-8,12,18-19H,6,9-11H2,1-3H3/t18?,19-/m0/s1. The summed E-state index contributed by atoms with van der Waals surface area (Å²) in [4.78, 5) is 30.1. The molecule has 0 spiro atoms. The van der Waals surface area contributed by atoms with Gasteiger partial charge < -0.3 is 4.74 Å². The van der Waals surface area contributed by atoms with Crippen molar-refractivity contribution in [2.24, 2.45) is 16.8 Å². The molecule has 0 saturated carbocycles. The van der Waals surface area contributed by atoms with E-state index >= 15 is 0 Å². The number of alkyl halides is 3. The Balaban J connectivity index is 2.17. The number of benzene rings is 1. The second-order valence-electron chi connectivity index (χ2n) is 7.95. The molecule has 1 aromatic rings. The minimum atomic E-state index is -4.61. The van der Waals surface area contributed by atoms with E-state index in [2.05, 4.69) is 4.99 Å². The van der Waals surface area contributed by atoms with Gasteiger partial charge in [0.1, 0.15) is 5.92 Å². The first-order chi connectivity index (χ1) is 13.6. The quantitative estimate of drug-likeness (QED) is 0.654. The largest absolute Gasteiger partial charge is 0.465 e. The molecule has 2 atom stereocenters. The monoisotopic (exact) mass is 407 g/mol. The Morgan fingerprint density at radius 1 is 1.24 bits per heavy atom. The predicted molar refractivity (Wildman–Crippen MR) is 102 cm³/mol. The van der Waals surface area contributed by atoms with E-state index in [1.54, 1.807) is 6.92 Å². The second-order valence-corrected chi connectivity index (χ2v) is 7.95. The van der Waals surface area contributed by atoms with Gasteiger partial charge in [0, 0.05) is 29.3 Å². The summed E-state index contributed by atoms with van der Waals surface area (Å²) in [6.07, 6.45) is -3.25. The molecule has 0 saturated heterocycles. The average Bonchev–Trinajstić information content (AvgIpc) is 2.64. The van der Waals surface area contributed by atoms with E-state index in [-0.39, 0.29) is 35.9 Å². The fourth-order valence-electron chi connectivity index (χ4n) is 4.01. The van der Waals surface area contributed by atoms with Crippen LogP contribution in [0.5, 0.6) is 0 Å². The minimum Gasteiger partial charge on any atom is -0.465 e. The van der Waals surface area contributed by atoms with E-state index < -0.39 is 29.5 Å². The molecule has 3 rings (SSSR count). The summed E-state index contributed by atoms with van der Waals surface area (Å²) in [5, 5.41) is 0. The number of esters is 1. The molecule has 2 aliphatic rings. The molecule has 29 heavy (non-hydrogen) atoms. The molecule has 4 nitrogen and oxygen atoms in total. The second kappa shape index (κ2) is 8.13. The summed E-state index contributed by atoms with van der Waals surface area (Å²) >= 11 is 0. The highest BCUT2D eigenvalue weighted by molar-refractivity contribution is 6.08. The van der Waals surface area contributed by atoms with Crippen LogP contribution in [0.4, 0.5) is 13.2 Å². The first-order valence-electron chi connectivity index (χ1n) is 9.75. The normalized spacial score (nSPS) is 22.4. The third-order valence-electron chi connectivity index (χ3n) is 5.25. The van der Waals surface area contributed by atoms with Crippen molar-refractivity contribution in [3.05, 3.63) is 46.7 Å². The molecule has 0 bridgehead atoms. The molecule has 0 amide bonds. The van der Waals surface area contributed by atoms with Crippen LogP contribution in [0.3, 0.4) is 0 Å². The number of hydrogen-bond acceptors (Lipinski definition) is 4.